The quantitative estimate of drug-likeness (QED) is 0.834. The number of aromatic nitrogens is 1. The fourth-order valence-electron chi connectivity index (χ4n) is 1.55. The van der Waals surface area contributed by atoms with Crippen LogP contribution in [0.15, 0.2) is 34.8 Å². The smallest absolute Gasteiger partial charge is 0.256 e. The number of nitrogen functional groups attached to an aromatic ring is 1. The first-order valence-corrected chi connectivity index (χ1v) is 6.25. The summed E-state index contributed by atoms with van der Waals surface area (Å²) < 4.78 is 14.0. The zero-order valence-electron chi connectivity index (χ0n) is 10.1. The number of carbonyl (C=O) groups excluding carboxylic acids is 1. The molecule has 2 aromatic rings. The first kappa shape index (κ1) is 13.5. The lowest BCUT2D eigenvalue weighted by atomic mass is 10.2. The fourth-order valence-corrected chi connectivity index (χ4v) is 1.77. The van der Waals surface area contributed by atoms with Gasteiger partial charge < -0.3 is 11.1 Å². The first-order chi connectivity index (χ1) is 8.95. The zero-order valence-corrected chi connectivity index (χ0v) is 11.7. The Morgan fingerprint density at radius 3 is 2.74 bits per heavy atom. The highest BCUT2D eigenvalue weighted by Crippen LogP contribution is 2.17. The number of pyridine rings is 1. The highest BCUT2D eigenvalue weighted by molar-refractivity contribution is 9.10. The van der Waals surface area contributed by atoms with Crippen LogP contribution in [0, 0.1) is 12.7 Å². The van der Waals surface area contributed by atoms with Crippen molar-refractivity contribution in [1.29, 1.82) is 0 Å². The number of amides is 1. The summed E-state index contributed by atoms with van der Waals surface area (Å²) in [4.78, 5) is 16.1. The normalized spacial score (nSPS) is 10.3. The van der Waals surface area contributed by atoms with E-state index >= 15 is 0 Å². The van der Waals surface area contributed by atoms with Gasteiger partial charge in [0.1, 0.15) is 11.6 Å². The molecule has 0 fully saturated rings. The van der Waals surface area contributed by atoms with E-state index in [0.29, 0.717) is 5.82 Å². The van der Waals surface area contributed by atoms with Crippen molar-refractivity contribution in [3.05, 3.63) is 51.9 Å². The van der Waals surface area contributed by atoms with Gasteiger partial charge in [0.05, 0.1) is 5.69 Å². The number of aryl methyl sites for hydroxylation is 1. The van der Waals surface area contributed by atoms with Gasteiger partial charge in [0, 0.05) is 15.7 Å². The van der Waals surface area contributed by atoms with Crippen LogP contribution in [-0.4, -0.2) is 10.9 Å². The van der Waals surface area contributed by atoms with Crippen LogP contribution in [0.2, 0.25) is 0 Å². The summed E-state index contributed by atoms with van der Waals surface area (Å²) in [6, 6.07) is 7.11. The minimum absolute atomic E-state index is 0.153. The van der Waals surface area contributed by atoms with Gasteiger partial charge in [0.25, 0.3) is 5.91 Å². The predicted octanol–water partition coefficient (Wildman–Crippen LogP) is 3.13. The minimum atomic E-state index is -0.551. The Morgan fingerprint density at radius 2 is 2.11 bits per heavy atom. The average molecular weight is 324 g/mol. The van der Waals surface area contributed by atoms with Crippen molar-refractivity contribution < 1.29 is 9.18 Å². The second kappa shape index (κ2) is 5.36. The number of carbonyl (C=O) groups is 1. The van der Waals surface area contributed by atoms with Crippen molar-refractivity contribution >= 4 is 33.3 Å². The topological polar surface area (TPSA) is 68.0 Å². The lowest BCUT2D eigenvalue weighted by Gasteiger charge is -2.07. The number of rotatable bonds is 2. The molecule has 0 bridgehead atoms. The van der Waals surface area contributed by atoms with E-state index in [2.05, 4.69) is 26.2 Å². The van der Waals surface area contributed by atoms with Crippen LogP contribution in [0.4, 0.5) is 15.9 Å². The molecule has 19 heavy (non-hydrogen) atoms. The molecule has 0 spiro atoms. The van der Waals surface area contributed by atoms with Crippen molar-refractivity contribution in [3.63, 3.8) is 0 Å². The van der Waals surface area contributed by atoms with Gasteiger partial charge in [-0.15, -0.1) is 0 Å². The van der Waals surface area contributed by atoms with Crippen LogP contribution in [0.25, 0.3) is 0 Å². The highest BCUT2D eigenvalue weighted by atomic mass is 79.9. The van der Waals surface area contributed by atoms with Gasteiger partial charge in [-0.3, -0.25) is 4.79 Å². The fraction of sp³-hybridized carbons (Fsp3) is 0.0769. The van der Waals surface area contributed by atoms with E-state index < -0.39 is 11.7 Å². The molecule has 0 saturated heterocycles. The van der Waals surface area contributed by atoms with E-state index in [1.54, 1.807) is 19.1 Å². The van der Waals surface area contributed by atoms with Crippen LogP contribution < -0.4 is 11.1 Å². The van der Waals surface area contributed by atoms with Gasteiger partial charge in [0.2, 0.25) is 0 Å². The summed E-state index contributed by atoms with van der Waals surface area (Å²) in [5.41, 5.74) is 6.59. The van der Waals surface area contributed by atoms with Gasteiger partial charge >= 0.3 is 0 Å². The second-order valence-corrected chi connectivity index (χ2v) is 4.85. The lowest BCUT2D eigenvalue weighted by molar-refractivity contribution is 0.102. The van der Waals surface area contributed by atoms with E-state index in [4.69, 9.17) is 5.73 Å². The number of nitrogens with zero attached hydrogens (tertiary/aromatic N) is 1. The van der Waals surface area contributed by atoms with Crippen molar-refractivity contribution in [3.8, 4) is 0 Å². The third-order valence-corrected chi connectivity index (χ3v) is 3.28. The Balaban J connectivity index is 2.22. The third-order valence-electron chi connectivity index (χ3n) is 2.45. The number of halogens is 2. The average Bonchev–Trinajstić information content (AvgIpc) is 2.32. The van der Waals surface area contributed by atoms with E-state index in [1.807, 2.05) is 0 Å². The molecule has 98 valence electrons. The Morgan fingerprint density at radius 1 is 1.37 bits per heavy atom. The highest BCUT2D eigenvalue weighted by Gasteiger charge is 2.09. The van der Waals surface area contributed by atoms with E-state index in [9.17, 15) is 9.18 Å². The third kappa shape index (κ3) is 3.29. The molecule has 1 heterocycles. The molecule has 4 nitrogen and oxygen atoms in total. The Labute approximate surface area is 118 Å². The van der Waals surface area contributed by atoms with Crippen molar-refractivity contribution in [2.75, 3.05) is 11.1 Å². The van der Waals surface area contributed by atoms with Gasteiger partial charge in [-0.1, -0.05) is 0 Å². The van der Waals surface area contributed by atoms with Gasteiger partial charge in [-0.25, -0.2) is 9.37 Å². The molecule has 0 aliphatic carbocycles. The maximum Gasteiger partial charge on any atom is 0.256 e. The number of benzene rings is 1. The van der Waals surface area contributed by atoms with Crippen LogP contribution in [0.5, 0.6) is 0 Å². The predicted molar refractivity (Wildman–Crippen MR) is 75.4 cm³/mol. The number of nitrogens with one attached hydrogen (secondary N) is 1. The molecular weight excluding hydrogens is 313 g/mol. The molecular formula is C13H11BrFN3O. The Bertz CT molecular complexity index is 626. The number of anilines is 2. The van der Waals surface area contributed by atoms with Gasteiger partial charge in [-0.2, -0.15) is 0 Å². The summed E-state index contributed by atoms with van der Waals surface area (Å²) in [6.07, 6.45) is 0. The van der Waals surface area contributed by atoms with E-state index in [-0.39, 0.29) is 11.3 Å². The lowest BCUT2D eigenvalue weighted by Crippen LogP contribution is -2.14. The van der Waals surface area contributed by atoms with Crippen LogP contribution in [-0.2, 0) is 0 Å². The molecule has 0 radical (unpaired) electrons. The van der Waals surface area contributed by atoms with Crippen LogP contribution in [0.1, 0.15) is 16.1 Å². The molecule has 0 atom stereocenters. The second-order valence-electron chi connectivity index (χ2n) is 3.99. The van der Waals surface area contributed by atoms with Crippen molar-refractivity contribution in [1.82, 2.24) is 4.98 Å². The molecule has 2 rings (SSSR count). The summed E-state index contributed by atoms with van der Waals surface area (Å²) in [5, 5.41) is 2.59. The van der Waals surface area contributed by atoms with E-state index in [1.165, 1.54) is 6.07 Å². The monoisotopic (exact) mass is 323 g/mol. The first-order valence-electron chi connectivity index (χ1n) is 5.46. The molecule has 1 amide bonds. The Hall–Kier alpha value is -1.95. The number of hydrogen-bond donors (Lipinski definition) is 2. The maximum atomic E-state index is 13.2. The number of hydrogen-bond acceptors (Lipinski definition) is 3. The molecule has 0 aliphatic heterocycles. The molecule has 0 saturated carbocycles. The molecule has 1 aromatic heterocycles. The van der Waals surface area contributed by atoms with Gasteiger partial charge in [-0.05, 0) is 53.2 Å². The number of nitrogens with two attached hydrogens (primary N) is 1. The molecule has 3 N–H and O–H groups in total. The summed E-state index contributed by atoms with van der Waals surface area (Å²) in [7, 11) is 0. The molecule has 0 unspecified atom stereocenters. The molecule has 6 heteroatoms. The van der Waals surface area contributed by atoms with Crippen molar-refractivity contribution in [2.24, 2.45) is 0 Å². The van der Waals surface area contributed by atoms with Crippen molar-refractivity contribution in [2.45, 2.75) is 6.92 Å². The van der Waals surface area contributed by atoms with E-state index in [0.717, 1.165) is 22.3 Å². The van der Waals surface area contributed by atoms with Crippen LogP contribution in [0.3, 0.4) is 0 Å². The summed E-state index contributed by atoms with van der Waals surface area (Å²) in [6.45, 7) is 1.81. The zero-order chi connectivity index (χ0) is 14.0. The molecule has 0 aliphatic rings. The maximum absolute atomic E-state index is 13.2. The summed E-state index contributed by atoms with van der Waals surface area (Å²) in [5.74, 6) is -0.612. The summed E-state index contributed by atoms with van der Waals surface area (Å²) >= 11 is 3.32. The SMILES string of the molecule is Cc1nc(NC(=O)c2cc(N)cc(F)c2)ccc1Br. The van der Waals surface area contributed by atoms with Gasteiger partial charge in [0.15, 0.2) is 0 Å². The Kier molecular flexibility index (Phi) is 3.80. The largest absolute Gasteiger partial charge is 0.399 e. The minimum Gasteiger partial charge on any atom is -0.399 e. The standard InChI is InChI=1S/C13H11BrFN3O/c1-7-11(14)2-3-12(17-7)18-13(19)8-4-9(15)6-10(16)5-8/h2-6H,16H2,1H3,(H,17,18,19). The van der Waals surface area contributed by atoms with Crippen LogP contribution >= 0.6 is 15.9 Å². The molecule has 1 aromatic carbocycles.